The Morgan fingerprint density at radius 2 is 2.06 bits per heavy atom. The molecule has 4 heterocycles. The molecule has 36 heavy (non-hydrogen) atoms. The van der Waals surface area contributed by atoms with Gasteiger partial charge in [-0.1, -0.05) is 11.3 Å². The van der Waals surface area contributed by atoms with Crippen molar-refractivity contribution in [3.05, 3.63) is 64.0 Å². The molecule has 0 unspecified atom stereocenters. The summed E-state index contributed by atoms with van der Waals surface area (Å²) in [5.74, 6) is 0.0373. The number of methoxy groups -OCH3 is 1. The number of likely N-dealkylation sites (tertiary alicyclic amines) is 1. The second-order valence-corrected chi connectivity index (χ2v) is 10.4. The standard InChI is InChI=1S/C25H21BrN6O3S/c1-35-25(34)29-24-28-18-7-6-16-20(15-4-2-9-27-13-15)30-32(21(16)22(18)36-24)19-8-5-14(12-17(19)26)23(33)31-10-3-11-31/h2,4-5,8-9,12-13H,3,6-7,10-11H2,1H3,(H,28,29,34). The van der Waals surface area contributed by atoms with Crippen molar-refractivity contribution >= 4 is 44.4 Å². The fourth-order valence-corrected chi connectivity index (χ4v) is 6.09. The maximum absolute atomic E-state index is 12.8. The molecule has 182 valence electrons. The van der Waals surface area contributed by atoms with E-state index in [9.17, 15) is 9.59 Å². The number of pyridine rings is 1. The number of fused-ring (bicyclic) bond motifs is 3. The molecule has 2 amide bonds. The number of ether oxygens (including phenoxy) is 1. The minimum absolute atomic E-state index is 0.0373. The summed E-state index contributed by atoms with van der Waals surface area (Å²) in [4.78, 5) is 36.3. The van der Waals surface area contributed by atoms with Crippen LogP contribution in [-0.4, -0.2) is 56.8 Å². The van der Waals surface area contributed by atoms with Crippen LogP contribution in [0, 0.1) is 0 Å². The number of hydrogen-bond donors (Lipinski definition) is 1. The molecule has 1 fully saturated rings. The van der Waals surface area contributed by atoms with Gasteiger partial charge in [-0.2, -0.15) is 5.10 Å². The highest BCUT2D eigenvalue weighted by Gasteiger charge is 2.31. The van der Waals surface area contributed by atoms with E-state index in [0.29, 0.717) is 10.7 Å². The Kier molecular flexibility index (Phi) is 5.81. The van der Waals surface area contributed by atoms with E-state index < -0.39 is 6.09 Å². The monoisotopic (exact) mass is 564 g/mol. The van der Waals surface area contributed by atoms with Gasteiger partial charge in [0.25, 0.3) is 5.91 Å². The van der Waals surface area contributed by atoms with Crippen molar-refractivity contribution in [2.75, 3.05) is 25.5 Å². The lowest BCUT2D eigenvalue weighted by Gasteiger charge is -2.31. The van der Waals surface area contributed by atoms with Crippen LogP contribution in [0.3, 0.4) is 0 Å². The van der Waals surface area contributed by atoms with Crippen molar-refractivity contribution in [1.29, 1.82) is 0 Å². The molecular weight excluding hydrogens is 544 g/mol. The molecule has 4 aromatic rings. The molecule has 0 bridgehead atoms. The van der Waals surface area contributed by atoms with Crippen molar-refractivity contribution in [1.82, 2.24) is 24.6 Å². The number of halogens is 1. The number of carbonyl (C=O) groups is 2. The molecule has 0 atom stereocenters. The first-order chi connectivity index (χ1) is 17.5. The number of aryl methyl sites for hydroxylation is 1. The molecule has 9 nitrogen and oxygen atoms in total. The van der Waals surface area contributed by atoms with Crippen LogP contribution in [0.25, 0.3) is 27.5 Å². The summed E-state index contributed by atoms with van der Waals surface area (Å²) in [6.45, 7) is 1.60. The summed E-state index contributed by atoms with van der Waals surface area (Å²) in [5, 5.41) is 8.20. The second-order valence-electron chi connectivity index (χ2n) is 8.55. The van der Waals surface area contributed by atoms with E-state index >= 15 is 0 Å². The SMILES string of the molecule is COC(=O)Nc1nc2c(s1)-c1c(c(-c3cccnc3)nn1-c1ccc(C(=O)N3CCC3)cc1Br)CC2. The third-order valence-electron chi connectivity index (χ3n) is 6.40. The van der Waals surface area contributed by atoms with Gasteiger partial charge in [-0.05, 0) is 65.5 Å². The molecule has 2 aliphatic rings. The Morgan fingerprint density at radius 3 is 2.75 bits per heavy atom. The minimum atomic E-state index is -0.559. The van der Waals surface area contributed by atoms with Crippen LogP contribution in [0.2, 0.25) is 0 Å². The number of hydrogen-bond acceptors (Lipinski definition) is 7. The average molecular weight is 565 g/mol. The molecule has 3 aromatic heterocycles. The molecule has 1 saturated heterocycles. The maximum atomic E-state index is 12.8. The highest BCUT2D eigenvalue weighted by molar-refractivity contribution is 9.10. The number of carbonyl (C=O) groups excluding carboxylic acids is 2. The zero-order chi connectivity index (χ0) is 24.8. The van der Waals surface area contributed by atoms with E-state index in [0.717, 1.165) is 75.6 Å². The van der Waals surface area contributed by atoms with Crippen LogP contribution in [0.1, 0.15) is 28.0 Å². The number of aromatic nitrogens is 4. The summed E-state index contributed by atoms with van der Waals surface area (Å²) in [6, 6.07) is 9.51. The van der Waals surface area contributed by atoms with Gasteiger partial charge in [-0.3, -0.25) is 15.1 Å². The van der Waals surface area contributed by atoms with Crippen LogP contribution >= 0.6 is 27.3 Å². The van der Waals surface area contributed by atoms with Gasteiger partial charge in [0.2, 0.25) is 0 Å². The lowest BCUT2D eigenvalue weighted by atomic mass is 9.95. The summed E-state index contributed by atoms with van der Waals surface area (Å²) < 4.78 is 7.41. The zero-order valence-electron chi connectivity index (χ0n) is 19.3. The van der Waals surface area contributed by atoms with Crippen molar-refractivity contribution in [2.45, 2.75) is 19.3 Å². The molecule has 1 N–H and O–H groups in total. The predicted octanol–water partition coefficient (Wildman–Crippen LogP) is 4.94. The Bertz CT molecular complexity index is 1500. The minimum Gasteiger partial charge on any atom is -0.453 e. The first-order valence-electron chi connectivity index (χ1n) is 11.5. The van der Waals surface area contributed by atoms with Gasteiger partial charge in [-0.15, -0.1) is 0 Å². The molecule has 0 spiro atoms. The smallest absolute Gasteiger partial charge is 0.413 e. The molecule has 0 radical (unpaired) electrons. The normalized spacial score (nSPS) is 14.0. The number of nitrogens with zero attached hydrogens (tertiary/aromatic N) is 5. The highest BCUT2D eigenvalue weighted by Crippen LogP contribution is 2.44. The predicted molar refractivity (Wildman–Crippen MR) is 140 cm³/mol. The summed E-state index contributed by atoms with van der Waals surface area (Å²) in [6.07, 6.45) is 5.51. The van der Waals surface area contributed by atoms with Gasteiger partial charge in [0.05, 0.1) is 34.8 Å². The molecule has 1 aliphatic carbocycles. The Morgan fingerprint density at radius 1 is 1.19 bits per heavy atom. The second kappa shape index (κ2) is 9.14. The van der Waals surface area contributed by atoms with E-state index in [1.165, 1.54) is 18.4 Å². The molecule has 1 aliphatic heterocycles. The Hall–Kier alpha value is -3.57. The van der Waals surface area contributed by atoms with Gasteiger partial charge in [-0.25, -0.2) is 14.5 Å². The third kappa shape index (κ3) is 3.88. The Balaban J connectivity index is 1.49. The largest absolute Gasteiger partial charge is 0.453 e. The van der Waals surface area contributed by atoms with E-state index in [2.05, 4.69) is 31.2 Å². The van der Waals surface area contributed by atoms with Gasteiger partial charge in [0.1, 0.15) is 0 Å². The molecule has 6 rings (SSSR count). The number of benzene rings is 1. The van der Waals surface area contributed by atoms with Gasteiger partial charge in [0, 0.05) is 46.6 Å². The number of amides is 2. The third-order valence-corrected chi connectivity index (χ3v) is 8.06. The van der Waals surface area contributed by atoms with E-state index in [1.54, 1.807) is 6.20 Å². The van der Waals surface area contributed by atoms with Crippen LogP contribution in [-0.2, 0) is 17.6 Å². The van der Waals surface area contributed by atoms with E-state index in [1.807, 2.05) is 46.1 Å². The quantitative estimate of drug-likeness (QED) is 0.376. The number of nitrogens with one attached hydrogen (secondary N) is 1. The molecular formula is C25H21BrN6O3S. The van der Waals surface area contributed by atoms with E-state index in [-0.39, 0.29) is 5.91 Å². The summed E-state index contributed by atoms with van der Waals surface area (Å²) in [5.41, 5.74) is 6.15. The van der Waals surface area contributed by atoms with Crippen LogP contribution < -0.4 is 5.32 Å². The van der Waals surface area contributed by atoms with E-state index in [4.69, 9.17) is 9.84 Å². The fourth-order valence-electron chi connectivity index (χ4n) is 4.48. The molecule has 11 heteroatoms. The first-order valence-corrected chi connectivity index (χ1v) is 13.1. The first kappa shape index (κ1) is 22.9. The molecule has 1 aromatic carbocycles. The zero-order valence-corrected chi connectivity index (χ0v) is 21.7. The lowest BCUT2D eigenvalue weighted by molar-refractivity contribution is 0.0651. The van der Waals surface area contributed by atoms with Gasteiger partial charge >= 0.3 is 6.09 Å². The van der Waals surface area contributed by atoms with Crippen LogP contribution in [0.15, 0.2) is 47.2 Å². The lowest BCUT2D eigenvalue weighted by Crippen LogP contribution is -2.42. The summed E-state index contributed by atoms with van der Waals surface area (Å²) in [7, 11) is 1.32. The highest BCUT2D eigenvalue weighted by atomic mass is 79.9. The summed E-state index contributed by atoms with van der Waals surface area (Å²) >= 11 is 5.08. The van der Waals surface area contributed by atoms with Crippen molar-refractivity contribution < 1.29 is 14.3 Å². The van der Waals surface area contributed by atoms with Gasteiger partial charge < -0.3 is 9.64 Å². The number of thiazole rings is 1. The van der Waals surface area contributed by atoms with Crippen LogP contribution in [0.4, 0.5) is 9.93 Å². The Labute approximate surface area is 219 Å². The topological polar surface area (TPSA) is 102 Å². The average Bonchev–Trinajstić information content (AvgIpc) is 3.44. The van der Waals surface area contributed by atoms with Crippen molar-refractivity contribution in [3.8, 4) is 27.5 Å². The van der Waals surface area contributed by atoms with Gasteiger partial charge in [0.15, 0.2) is 5.13 Å². The molecule has 0 saturated carbocycles. The van der Waals surface area contributed by atoms with Crippen LogP contribution in [0.5, 0.6) is 0 Å². The number of anilines is 1. The maximum Gasteiger partial charge on any atom is 0.413 e. The van der Waals surface area contributed by atoms with Crippen molar-refractivity contribution in [2.24, 2.45) is 0 Å². The fraction of sp³-hybridized carbons (Fsp3) is 0.240. The number of rotatable bonds is 4. The van der Waals surface area contributed by atoms with Crippen molar-refractivity contribution in [3.63, 3.8) is 0 Å².